The number of carbonyl (C=O) groups excluding carboxylic acids is 1. The summed E-state index contributed by atoms with van der Waals surface area (Å²) in [4.78, 5) is 11.8. The molecule has 0 bridgehead atoms. The number of alkyl carbamates (subject to hydrolysis) is 1. The van der Waals surface area contributed by atoms with E-state index in [9.17, 15) is 9.90 Å². The van der Waals surface area contributed by atoms with Gasteiger partial charge in [-0.05, 0) is 70.1 Å². The summed E-state index contributed by atoms with van der Waals surface area (Å²) in [6.45, 7) is 10.0. The lowest BCUT2D eigenvalue weighted by atomic mass is 9.51. The third-order valence-corrected chi connectivity index (χ3v) is 5.23. The maximum Gasteiger partial charge on any atom is 0.407 e. The van der Waals surface area contributed by atoms with E-state index >= 15 is 0 Å². The molecule has 0 aromatic rings. The maximum atomic E-state index is 11.8. The molecule has 0 aromatic carbocycles. The maximum absolute atomic E-state index is 11.8. The van der Waals surface area contributed by atoms with Gasteiger partial charge in [-0.1, -0.05) is 13.8 Å². The van der Waals surface area contributed by atoms with E-state index in [4.69, 9.17) is 4.74 Å². The quantitative estimate of drug-likeness (QED) is 0.820. The minimum Gasteiger partial charge on any atom is -0.444 e. The van der Waals surface area contributed by atoms with Crippen molar-refractivity contribution < 1.29 is 14.6 Å². The Labute approximate surface area is 128 Å². The molecular weight excluding hydrogens is 266 g/mol. The topological polar surface area (TPSA) is 58.6 Å². The summed E-state index contributed by atoms with van der Waals surface area (Å²) in [7, 11) is 0. The highest BCUT2D eigenvalue weighted by atomic mass is 16.6. The number of aliphatic hydroxyl groups excluding tert-OH is 1. The first-order valence-corrected chi connectivity index (χ1v) is 8.30. The lowest BCUT2D eigenvalue weighted by molar-refractivity contribution is -0.156. The number of ether oxygens (including phenoxy) is 1. The second-order valence-electron chi connectivity index (χ2n) is 8.34. The molecule has 2 unspecified atom stereocenters. The average Bonchev–Trinajstić information content (AvgIpc) is 2.34. The normalized spacial score (nSPS) is 36.4. The van der Waals surface area contributed by atoms with Gasteiger partial charge in [0, 0.05) is 6.04 Å². The Morgan fingerprint density at radius 1 is 1.29 bits per heavy atom. The van der Waals surface area contributed by atoms with Crippen molar-refractivity contribution in [3.8, 4) is 0 Å². The standard InChI is InChI=1S/C17H31NO3/c1-11(2)13-10-17(14(13)19)8-6-12(7-9-17)18-15(20)21-16(3,4)5/h11-14,19H,6-10H2,1-5H3,(H,18,20). The molecule has 2 aliphatic carbocycles. The first-order valence-electron chi connectivity index (χ1n) is 8.30. The average molecular weight is 297 g/mol. The van der Waals surface area contributed by atoms with Crippen molar-refractivity contribution in [1.82, 2.24) is 5.32 Å². The van der Waals surface area contributed by atoms with E-state index < -0.39 is 5.60 Å². The molecule has 0 aromatic heterocycles. The summed E-state index contributed by atoms with van der Waals surface area (Å²) in [5, 5.41) is 13.4. The molecule has 2 saturated carbocycles. The van der Waals surface area contributed by atoms with Gasteiger partial charge in [-0.3, -0.25) is 0 Å². The largest absolute Gasteiger partial charge is 0.444 e. The molecule has 2 atom stereocenters. The molecule has 1 spiro atoms. The molecule has 2 N–H and O–H groups in total. The molecule has 2 fully saturated rings. The molecule has 122 valence electrons. The molecule has 0 radical (unpaired) electrons. The van der Waals surface area contributed by atoms with Crippen molar-refractivity contribution in [1.29, 1.82) is 0 Å². The van der Waals surface area contributed by atoms with Crippen LogP contribution in [0.5, 0.6) is 0 Å². The number of hydrogen-bond acceptors (Lipinski definition) is 3. The molecule has 21 heavy (non-hydrogen) atoms. The Kier molecular flexibility index (Phi) is 4.57. The molecule has 2 aliphatic rings. The minimum atomic E-state index is -0.450. The third kappa shape index (κ3) is 3.71. The van der Waals surface area contributed by atoms with Crippen molar-refractivity contribution in [2.75, 3.05) is 0 Å². The van der Waals surface area contributed by atoms with Gasteiger partial charge in [-0.2, -0.15) is 0 Å². The van der Waals surface area contributed by atoms with Crippen LogP contribution in [0.2, 0.25) is 0 Å². The van der Waals surface area contributed by atoms with Gasteiger partial charge in [0.25, 0.3) is 0 Å². The van der Waals surface area contributed by atoms with Crippen LogP contribution in [0.1, 0.15) is 66.7 Å². The number of rotatable bonds is 2. The number of amides is 1. The number of carbonyl (C=O) groups is 1. The van der Waals surface area contributed by atoms with Crippen LogP contribution in [0.4, 0.5) is 4.79 Å². The lowest BCUT2D eigenvalue weighted by Gasteiger charge is -2.57. The van der Waals surface area contributed by atoms with Crippen LogP contribution in [-0.4, -0.2) is 28.9 Å². The van der Waals surface area contributed by atoms with Crippen LogP contribution < -0.4 is 5.32 Å². The van der Waals surface area contributed by atoms with Crippen LogP contribution in [0.25, 0.3) is 0 Å². The zero-order valence-electron chi connectivity index (χ0n) is 14.1. The van der Waals surface area contributed by atoms with Gasteiger partial charge >= 0.3 is 6.09 Å². The van der Waals surface area contributed by atoms with E-state index in [-0.39, 0.29) is 23.7 Å². The molecule has 0 heterocycles. The second-order valence-corrected chi connectivity index (χ2v) is 8.34. The van der Waals surface area contributed by atoms with Crippen molar-refractivity contribution >= 4 is 6.09 Å². The number of aliphatic hydroxyl groups is 1. The van der Waals surface area contributed by atoms with Crippen LogP contribution in [-0.2, 0) is 4.74 Å². The van der Waals surface area contributed by atoms with Crippen LogP contribution in [0, 0.1) is 17.3 Å². The fraction of sp³-hybridized carbons (Fsp3) is 0.941. The van der Waals surface area contributed by atoms with Gasteiger partial charge in [0.2, 0.25) is 0 Å². The smallest absolute Gasteiger partial charge is 0.407 e. The number of hydrogen-bond donors (Lipinski definition) is 2. The van der Waals surface area contributed by atoms with Crippen molar-refractivity contribution in [3.63, 3.8) is 0 Å². The fourth-order valence-electron chi connectivity index (χ4n) is 3.91. The van der Waals surface area contributed by atoms with E-state index in [0.717, 1.165) is 32.1 Å². The van der Waals surface area contributed by atoms with Gasteiger partial charge in [0.1, 0.15) is 5.60 Å². The van der Waals surface area contributed by atoms with Gasteiger partial charge < -0.3 is 15.2 Å². The molecule has 4 nitrogen and oxygen atoms in total. The third-order valence-electron chi connectivity index (χ3n) is 5.23. The van der Waals surface area contributed by atoms with Crippen molar-refractivity contribution in [2.24, 2.45) is 17.3 Å². The van der Waals surface area contributed by atoms with Gasteiger partial charge in [0.05, 0.1) is 6.10 Å². The molecule has 4 heteroatoms. The zero-order chi connectivity index (χ0) is 15.8. The van der Waals surface area contributed by atoms with Gasteiger partial charge in [-0.25, -0.2) is 4.79 Å². The molecule has 1 amide bonds. The summed E-state index contributed by atoms with van der Waals surface area (Å²) < 4.78 is 5.30. The van der Waals surface area contributed by atoms with Crippen molar-refractivity contribution in [2.45, 2.75) is 84.5 Å². The van der Waals surface area contributed by atoms with Gasteiger partial charge in [-0.15, -0.1) is 0 Å². The Hall–Kier alpha value is -0.770. The van der Waals surface area contributed by atoms with Crippen molar-refractivity contribution in [3.05, 3.63) is 0 Å². The molecule has 0 aliphatic heterocycles. The molecular formula is C17H31NO3. The first-order chi connectivity index (χ1) is 9.63. The van der Waals surface area contributed by atoms with E-state index in [0.29, 0.717) is 11.8 Å². The second kappa shape index (κ2) is 5.79. The van der Waals surface area contributed by atoms with Crippen LogP contribution in [0.3, 0.4) is 0 Å². The monoisotopic (exact) mass is 297 g/mol. The number of nitrogens with one attached hydrogen (secondary N) is 1. The van der Waals surface area contributed by atoms with Crippen LogP contribution in [0.15, 0.2) is 0 Å². The predicted octanol–water partition coefficient (Wildman–Crippen LogP) is 3.48. The fourth-order valence-corrected chi connectivity index (χ4v) is 3.91. The highest BCUT2D eigenvalue weighted by Gasteiger charge is 2.54. The van der Waals surface area contributed by atoms with Crippen LogP contribution >= 0.6 is 0 Å². The Morgan fingerprint density at radius 2 is 1.86 bits per heavy atom. The molecule has 0 saturated heterocycles. The SMILES string of the molecule is CC(C)C1CC2(CCC(NC(=O)OC(C)(C)C)CC2)C1O. The Bertz CT molecular complexity index is 378. The summed E-state index contributed by atoms with van der Waals surface area (Å²) in [5.74, 6) is 1.02. The minimum absolute atomic E-state index is 0.126. The summed E-state index contributed by atoms with van der Waals surface area (Å²) >= 11 is 0. The Morgan fingerprint density at radius 3 is 2.29 bits per heavy atom. The van der Waals surface area contributed by atoms with Gasteiger partial charge in [0.15, 0.2) is 0 Å². The highest BCUT2D eigenvalue weighted by Crippen LogP contribution is 2.56. The first kappa shape index (κ1) is 16.6. The summed E-state index contributed by atoms with van der Waals surface area (Å²) in [5.41, 5.74) is -0.324. The zero-order valence-corrected chi connectivity index (χ0v) is 14.1. The van der Waals surface area contributed by atoms with E-state index in [1.54, 1.807) is 0 Å². The summed E-state index contributed by atoms with van der Waals surface area (Å²) in [6, 6.07) is 0.191. The van der Waals surface area contributed by atoms with E-state index in [2.05, 4.69) is 19.2 Å². The summed E-state index contributed by atoms with van der Waals surface area (Å²) in [6.07, 6.45) is 4.58. The molecule has 2 rings (SSSR count). The Balaban J connectivity index is 1.78. The van der Waals surface area contributed by atoms with E-state index in [1.807, 2.05) is 20.8 Å². The highest BCUT2D eigenvalue weighted by molar-refractivity contribution is 5.68. The lowest BCUT2D eigenvalue weighted by Crippen LogP contribution is -2.57. The van der Waals surface area contributed by atoms with E-state index in [1.165, 1.54) is 0 Å². The predicted molar refractivity (Wildman–Crippen MR) is 83.0 cm³/mol.